The van der Waals surface area contributed by atoms with Gasteiger partial charge >= 0.3 is 6.03 Å². The van der Waals surface area contributed by atoms with E-state index >= 15 is 0 Å². The van der Waals surface area contributed by atoms with Crippen LogP contribution in [-0.2, 0) is 6.54 Å². The average Bonchev–Trinajstić information content (AvgIpc) is 2.84. The molecule has 2 amide bonds. The topological polar surface area (TPSA) is 50.2 Å². The molecule has 0 unspecified atom stereocenters. The predicted molar refractivity (Wildman–Crippen MR) is 87.8 cm³/mol. The van der Waals surface area contributed by atoms with E-state index in [9.17, 15) is 4.79 Å². The average molecular weight is 300 g/mol. The minimum absolute atomic E-state index is 0.0743. The van der Waals surface area contributed by atoms with Crippen LogP contribution in [0.1, 0.15) is 25.6 Å². The molecule has 118 valence electrons. The van der Waals surface area contributed by atoms with Gasteiger partial charge in [0, 0.05) is 26.2 Å². The van der Waals surface area contributed by atoms with Crippen molar-refractivity contribution in [2.24, 2.45) is 5.92 Å². The summed E-state index contributed by atoms with van der Waals surface area (Å²) >= 11 is 0. The molecule has 0 saturated carbocycles. The minimum Gasteiger partial charge on any atom is -0.338 e. The maximum absolute atomic E-state index is 11.9. The van der Waals surface area contributed by atoms with E-state index in [4.69, 9.17) is 0 Å². The summed E-state index contributed by atoms with van der Waals surface area (Å²) in [6.07, 6.45) is 2.12. The second kappa shape index (κ2) is 6.38. The second-order valence-electron chi connectivity index (χ2n) is 6.02. The summed E-state index contributed by atoms with van der Waals surface area (Å²) in [7, 11) is 0. The van der Waals surface area contributed by atoms with Crippen LogP contribution in [0.25, 0.3) is 11.0 Å². The normalized spacial score (nSPS) is 16.2. The van der Waals surface area contributed by atoms with E-state index in [1.807, 2.05) is 17.9 Å². The first-order valence-corrected chi connectivity index (χ1v) is 8.13. The number of para-hydroxylation sites is 2. The van der Waals surface area contributed by atoms with Gasteiger partial charge < -0.3 is 14.8 Å². The Bertz CT molecular complexity index is 656. The van der Waals surface area contributed by atoms with E-state index in [-0.39, 0.29) is 6.03 Å². The Morgan fingerprint density at radius 2 is 2.05 bits per heavy atom. The molecule has 1 aliphatic heterocycles. The Morgan fingerprint density at radius 1 is 1.32 bits per heavy atom. The van der Waals surface area contributed by atoms with Gasteiger partial charge in [-0.05, 0) is 44.7 Å². The van der Waals surface area contributed by atoms with Crippen LogP contribution in [0.2, 0.25) is 0 Å². The summed E-state index contributed by atoms with van der Waals surface area (Å²) < 4.78 is 2.32. The van der Waals surface area contributed by atoms with Crippen LogP contribution in [0.4, 0.5) is 4.79 Å². The number of hydrogen-bond acceptors (Lipinski definition) is 2. The van der Waals surface area contributed by atoms with E-state index < -0.39 is 0 Å². The quantitative estimate of drug-likeness (QED) is 0.947. The molecule has 5 nitrogen and oxygen atoms in total. The van der Waals surface area contributed by atoms with Crippen LogP contribution >= 0.6 is 0 Å². The summed E-state index contributed by atoms with van der Waals surface area (Å²) in [5.74, 6) is 1.69. The fourth-order valence-electron chi connectivity index (χ4n) is 3.27. The summed E-state index contributed by atoms with van der Waals surface area (Å²) in [6.45, 7) is 7.42. The van der Waals surface area contributed by atoms with Gasteiger partial charge in [0.1, 0.15) is 5.82 Å². The third-order valence-electron chi connectivity index (χ3n) is 4.52. The van der Waals surface area contributed by atoms with Gasteiger partial charge in [-0.3, -0.25) is 0 Å². The van der Waals surface area contributed by atoms with E-state index in [1.54, 1.807) is 0 Å². The third-order valence-corrected chi connectivity index (χ3v) is 4.52. The fraction of sp³-hybridized carbons (Fsp3) is 0.529. The number of aryl methyl sites for hydroxylation is 1. The first-order valence-electron chi connectivity index (χ1n) is 8.13. The highest BCUT2D eigenvalue weighted by molar-refractivity contribution is 5.76. The maximum atomic E-state index is 11.9. The molecule has 1 aromatic carbocycles. The molecule has 0 atom stereocenters. The van der Waals surface area contributed by atoms with E-state index in [0.717, 1.165) is 43.8 Å². The monoisotopic (exact) mass is 300 g/mol. The van der Waals surface area contributed by atoms with Crippen molar-refractivity contribution in [3.05, 3.63) is 30.1 Å². The van der Waals surface area contributed by atoms with E-state index in [2.05, 4.69) is 40.0 Å². The number of aromatic nitrogens is 2. The number of rotatable bonds is 3. The molecule has 1 aliphatic rings. The van der Waals surface area contributed by atoms with Crippen molar-refractivity contribution in [1.82, 2.24) is 19.8 Å². The largest absolute Gasteiger partial charge is 0.338 e. The Balaban J connectivity index is 1.65. The van der Waals surface area contributed by atoms with Crippen molar-refractivity contribution < 1.29 is 4.79 Å². The Labute approximate surface area is 131 Å². The molecule has 2 heterocycles. The second-order valence-corrected chi connectivity index (χ2v) is 6.02. The highest BCUT2D eigenvalue weighted by Crippen LogP contribution is 2.23. The van der Waals surface area contributed by atoms with Gasteiger partial charge in [0.2, 0.25) is 0 Å². The van der Waals surface area contributed by atoms with Gasteiger partial charge in [0.05, 0.1) is 11.0 Å². The van der Waals surface area contributed by atoms with Crippen LogP contribution < -0.4 is 5.32 Å². The number of urea groups is 1. The Hall–Kier alpha value is -2.04. The van der Waals surface area contributed by atoms with Crippen molar-refractivity contribution >= 4 is 17.1 Å². The molecule has 22 heavy (non-hydrogen) atoms. The first kappa shape index (κ1) is 14.9. The highest BCUT2D eigenvalue weighted by Gasteiger charge is 2.23. The lowest BCUT2D eigenvalue weighted by Gasteiger charge is -2.32. The van der Waals surface area contributed by atoms with Crippen molar-refractivity contribution in [1.29, 1.82) is 0 Å². The van der Waals surface area contributed by atoms with Gasteiger partial charge in [-0.1, -0.05) is 12.1 Å². The lowest BCUT2D eigenvalue weighted by Crippen LogP contribution is -2.44. The zero-order valence-electron chi connectivity index (χ0n) is 13.4. The molecular formula is C17H24N4O. The van der Waals surface area contributed by atoms with Gasteiger partial charge in [0.15, 0.2) is 0 Å². The minimum atomic E-state index is 0.0743. The Morgan fingerprint density at radius 3 is 2.77 bits per heavy atom. The molecule has 5 heteroatoms. The number of fused-ring (bicyclic) bond motifs is 1. The molecule has 1 saturated heterocycles. The van der Waals surface area contributed by atoms with Gasteiger partial charge in [-0.15, -0.1) is 0 Å². The lowest BCUT2D eigenvalue weighted by atomic mass is 9.97. The van der Waals surface area contributed by atoms with E-state index in [1.165, 1.54) is 5.52 Å². The SMILES string of the molecule is CCNC(=O)N1CCC(Cn2c(C)nc3ccccc32)CC1. The predicted octanol–water partition coefficient (Wildman–Crippen LogP) is 2.79. The number of nitrogens with zero attached hydrogens (tertiary/aromatic N) is 3. The number of hydrogen-bond donors (Lipinski definition) is 1. The number of carbonyl (C=O) groups excluding carboxylic acids is 1. The van der Waals surface area contributed by atoms with Crippen LogP contribution in [0.15, 0.2) is 24.3 Å². The number of nitrogens with one attached hydrogen (secondary N) is 1. The van der Waals surface area contributed by atoms with Gasteiger partial charge in [-0.2, -0.15) is 0 Å². The zero-order chi connectivity index (χ0) is 15.5. The number of imidazole rings is 1. The highest BCUT2D eigenvalue weighted by atomic mass is 16.2. The number of benzene rings is 1. The molecule has 1 aromatic heterocycles. The molecule has 1 fully saturated rings. The molecule has 0 bridgehead atoms. The first-order chi connectivity index (χ1) is 10.7. The van der Waals surface area contributed by atoms with E-state index in [0.29, 0.717) is 12.5 Å². The van der Waals surface area contributed by atoms with Gasteiger partial charge in [-0.25, -0.2) is 9.78 Å². The molecular weight excluding hydrogens is 276 g/mol. The summed E-state index contributed by atoms with van der Waals surface area (Å²) in [5, 5.41) is 2.88. The maximum Gasteiger partial charge on any atom is 0.317 e. The number of carbonyl (C=O) groups is 1. The molecule has 1 N–H and O–H groups in total. The molecule has 0 spiro atoms. The smallest absolute Gasteiger partial charge is 0.317 e. The molecule has 3 rings (SSSR count). The van der Waals surface area contributed by atoms with Crippen LogP contribution in [0, 0.1) is 12.8 Å². The number of amides is 2. The van der Waals surface area contributed by atoms with Crippen LogP contribution in [0.3, 0.4) is 0 Å². The number of piperidine rings is 1. The van der Waals surface area contributed by atoms with Crippen molar-refractivity contribution in [3.63, 3.8) is 0 Å². The van der Waals surface area contributed by atoms with Crippen molar-refractivity contribution in [3.8, 4) is 0 Å². The number of likely N-dealkylation sites (tertiary alicyclic amines) is 1. The molecule has 2 aromatic rings. The van der Waals surface area contributed by atoms with Crippen molar-refractivity contribution in [2.45, 2.75) is 33.2 Å². The molecule has 0 aliphatic carbocycles. The molecule has 0 radical (unpaired) electrons. The summed E-state index contributed by atoms with van der Waals surface area (Å²) in [4.78, 5) is 18.4. The zero-order valence-corrected chi connectivity index (χ0v) is 13.4. The lowest BCUT2D eigenvalue weighted by molar-refractivity contribution is 0.166. The van der Waals surface area contributed by atoms with Crippen LogP contribution in [-0.4, -0.2) is 40.1 Å². The fourth-order valence-corrected chi connectivity index (χ4v) is 3.27. The summed E-state index contributed by atoms with van der Waals surface area (Å²) in [5.41, 5.74) is 2.28. The standard InChI is InChI=1S/C17H24N4O/c1-3-18-17(22)20-10-8-14(9-11-20)12-21-13(2)19-15-6-4-5-7-16(15)21/h4-7,14H,3,8-12H2,1-2H3,(H,18,22). The van der Waals surface area contributed by atoms with Crippen molar-refractivity contribution in [2.75, 3.05) is 19.6 Å². The van der Waals surface area contributed by atoms with Gasteiger partial charge in [0.25, 0.3) is 0 Å². The Kier molecular flexibility index (Phi) is 4.32. The third kappa shape index (κ3) is 2.93. The van der Waals surface area contributed by atoms with Crippen LogP contribution in [0.5, 0.6) is 0 Å². The summed E-state index contributed by atoms with van der Waals surface area (Å²) in [6, 6.07) is 8.38.